The standard InChI is InChI=1S/C47H34N4/c1-31-14-9-10-20-38(31)44-32(2)15-13-22-41(44)47-49-45(34-18-7-4-8-19-34)48-46(50-47)35-24-27-37(28-25-35)51-42-23-12-11-21-39(42)40-29-26-36(30-43(40)51)33-16-5-3-6-17-33/h3-30H,1-2H3. The second kappa shape index (κ2) is 12.7. The molecular weight excluding hydrogens is 621 g/mol. The number of hydrogen-bond donors (Lipinski definition) is 0. The van der Waals surface area contributed by atoms with Crippen molar-refractivity contribution in [3.8, 4) is 62.1 Å². The van der Waals surface area contributed by atoms with Gasteiger partial charge in [0.2, 0.25) is 0 Å². The van der Waals surface area contributed by atoms with Crippen LogP contribution in [0, 0.1) is 13.8 Å². The normalized spacial score (nSPS) is 11.3. The lowest BCUT2D eigenvalue weighted by atomic mass is 9.92. The molecule has 0 saturated carbocycles. The lowest BCUT2D eigenvalue weighted by Crippen LogP contribution is -2.02. The van der Waals surface area contributed by atoms with Gasteiger partial charge in [-0.15, -0.1) is 0 Å². The zero-order valence-corrected chi connectivity index (χ0v) is 28.5. The topological polar surface area (TPSA) is 43.6 Å². The van der Waals surface area contributed by atoms with Gasteiger partial charge in [0.1, 0.15) is 0 Å². The highest BCUT2D eigenvalue weighted by molar-refractivity contribution is 6.10. The number of nitrogens with zero attached hydrogens (tertiary/aromatic N) is 4. The van der Waals surface area contributed by atoms with Crippen LogP contribution in [0.4, 0.5) is 0 Å². The van der Waals surface area contributed by atoms with E-state index in [-0.39, 0.29) is 0 Å². The van der Waals surface area contributed by atoms with Crippen molar-refractivity contribution in [2.24, 2.45) is 0 Å². The average molecular weight is 655 g/mol. The number of benzene rings is 7. The van der Waals surface area contributed by atoms with Crippen LogP contribution < -0.4 is 0 Å². The van der Waals surface area contributed by atoms with Gasteiger partial charge in [-0.05, 0) is 83.6 Å². The maximum atomic E-state index is 5.16. The van der Waals surface area contributed by atoms with E-state index < -0.39 is 0 Å². The van der Waals surface area contributed by atoms with Gasteiger partial charge in [0, 0.05) is 33.2 Å². The van der Waals surface area contributed by atoms with E-state index in [9.17, 15) is 0 Å². The number of para-hydroxylation sites is 1. The summed E-state index contributed by atoms with van der Waals surface area (Å²) in [4.78, 5) is 15.3. The van der Waals surface area contributed by atoms with Crippen molar-refractivity contribution >= 4 is 21.8 Å². The maximum Gasteiger partial charge on any atom is 0.164 e. The van der Waals surface area contributed by atoms with E-state index in [2.05, 4.69) is 170 Å². The Labute approximate surface area is 297 Å². The molecule has 9 aromatic rings. The van der Waals surface area contributed by atoms with Gasteiger partial charge in [0.15, 0.2) is 17.5 Å². The van der Waals surface area contributed by atoms with Crippen LogP contribution in [0.1, 0.15) is 11.1 Å². The number of hydrogen-bond acceptors (Lipinski definition) is 3. The molecule has 0 spiro atoms. The Morgan fingerprint density at radius 2 is 0.922 bits per heavy atom. The highest BCUT2D eigenvalue weighted by atomic mass is 15.0. The van der Waals surface area contributed by atoms with E-state index >= 15 is 0 Å². The van der Waals surface area contributed by atoms with E-state index in [0.29, 0.717) is 17.5 Å². The second-order valence-corrected chi connectivity index (χ2v) is 13.0. The summed E-state index contributed by atoms with van der Waals surface area (Å²) in [6.07, 6.45) is 0. The van der Waals surface area contributed by atoms with E-state index in [1.165, 1.54) is 49.6 Å². The highest BCUT2D eigenvalue weighted by Gasteiger charge is 2.19. The molecule has 0 saturated heterocycles. The Morgan fingerprint density at radius 1 is 0.373 bits per heavy atom. The van der Waals surface area contributed by atoms with E-state index in [4.69, 9.17) is 15.0 Å². The van der Waals surface area contributed by atoms with Crippen LogP contribution in [0.3, 0.4) is 0 Å². The Balaban J connectivity index is 1.20. The largest absolute Gasteiger partial charge is 0.309 e. The molecule has 2 heterocycles. The number of aryl methyl sites for hydroxylation is 2. The SMILES string of the molecule is Cc1ccccc1-c1c(C)cccc1-c1nc(-c2ccccc2)nc(-c2ccc(-n3c4ccccc4c4ccc(-c5ccccc5)cc43)cc2)n1. The molecular formula is C47H34N4. The second-order valence-electron chi connectivity index (χ2n) is 13.0. The summed E-state index contributed by atoms with van der Waals surface area (Å²) >= 11 is 0. The van der Waals surface area contributed by atoms with Gasteiger partial charge in [-0.2, -0.15) is 0 Å². The van der Waals surface area contributed by atoms with Crippen LogP contribution >= 0.6 is 0 Å². The van der Waals surface area contributed by atoms with Gasteiger partial charge in [0.05, 0.1) is 11.0 Å². The van der Waals surface area contributed by atoms with Crippen molar-refractivity contribution < 1.29 is 0 Å². The number of fused-ring (bicyclic) bond motifs is 3. The molecule has 2 aromatic heterocycles. The first kappa shape index (κ1) is 30.4. The lowest BCUT2D eigenvalue weighted by Gasteiger charge is -2.16. The predicted octanol–water partition coefficient (Wildman–Crippen LogP) is 11.9. The van der Waals surface area contributed by atoms with Crippen molar-refractivity contribution in [1.82, 2.24) is 19.5 Å². The van der Waals surface area contributed by atoms with Crippen LogP contribution in [-0.4, -0.2) is 19.5 Å². The Hall–Kier alpha value is -6.65. The Kier molecular flexibility index (Phi) is 7.55. The van der Waals surface area contributed by atoms with Crippen molar-refractivity contribution in [2.75, 3.05) is 0 Å². The molecule has 0 aliphatic carbocycles. The third-order valence-electron chi connectivity index (χ3n) is 9.76. The smallest absolute Gasteiger partial charge is 0.164 e. The third-order valence-corrected chi connectivity index (χ3v) is 9.76. The molecule has 0 atom stereocenters. The molecule has 242 valence electrons. The van der Waals surface area contributed by atoms with Gasteiger partial charge in [-0.1, -0.05) is 133 Å². The molecule has 0 bridgehead atoms. The minimum Gasteiger partial charge on any atom is -0.309 e. The molecule has 0 amide bonds. The van der Waals surface area contributed by atoms with E-state index in [1.807, 2.05) is 18.2 Å². The molecule has 0 fully saturated rings. The van der Waals surface area contributed by atoms with Crippen LogP contribution in [0.15, 0.2) is 170 Å². The molecule has 4 heteroatoms. The van der Waals surface area contributed by atoms with E-state index in [0.717, 1.165) is 27.9 Å². The van der Waals surface area contributed by atoms with Gasteiger partial charge in [-0.25, -0.2) is 15.0 Å². The third kappa shape index (κ3) is 5.48. The average Bonchev–Trinajstić information content (AvgIpc) is 3.52. The summed E-state index contributed by atoms with van der Waals surface area (Å²) in [6, 6.07) is 59.6. The number of aromatic nitrogens is 4. The lowest BCUT2D eigenvalue weighted by molar-refractivity contribution is 1.07. The first-order valence-corrected chi connectivity index (χ1v) is 17.3. The van der Waals surface area contributed by atoms with Gasteiger partial charge >= 0.3 is 0 Å². The maximum absolute atomic E-state index is 5.16. The monoisotopic (exact) mass is 654 g/mol. The molecule has 0 N–H and O–H groups in total. The fourth-order valence-electron chi connectivity index (χ4n) is 7.23. The summed E-state index contributed by atoms with van der Waals surface area (Å²) in [6.45, 7) is 4.31. The van der Waals surface area contributed by atoms with Crippen LogP contribution in [0.25, 0.3) is 83.9 Å². The fraction of sp³-hybridized carbons (Fsp3) is 0.0426. The van der Waals surface area contributed by atoms with Crippen LogP contribution in [0.2, 0.25) is 0 Å². The summed E-state index contributed by atoms with van der Waals surface area (Å²) in [7, 11) is 0. The Bertz CT molecular complexity index is 2690. The Morgan fingerprint density at radius 3 is 1.67 bits per heavy atom. The van der Waals surface area contributed by atoms with Crippen molar-refractivity contribution in [2.45, 2.75) is 13.8 Å². The molecule has 0 unspecified atom stereocenters. The number of rotatable bonds is 6. The molecule has 0 radical (unpaired) electrons. The summed E-state index contributed by atoms with van der Waals surface area (Å²) < 4.78 is 2.36. The van der Waals surface area contributed by atoms with Gasteiger partial charge < -0.3 is 4.57 Å². The van der Waals surface area contributed by atoms with Crippen molar-refractivity contribution in [1.29, 1.82) is 0 Å². The van der Waals surface area contributed by atoms with Crippen molar-refractivity contribution in [3.63, 3.8) is 0 Å². The zero-order valence-electron chi connectivity index (χ0n) is 28.5. The zero-order chi connectivity index (χ0) is 34.3. The summed E-state index contributed by atoms with van der Waals surface area (Å²) in [5.74, 6) is 1.93. The molecule has 9 rings (SSSR count). The van der Waals surface area contributed by atoms with Gasteiger partial charge in [-0.3, -0.25) is 0 Å². The van der Waals surface area contributed by atoms with E-state index in [1.54, 1.807) is 0 Å². The quantitative estimate of drug-likeness (QED) is 0.179. The predicted molar refractivity (Wildman–Crippen MR) is 211 cm³/mol. The molecule has 4 nitrogen and oxygen atoms in total. The molecule has 51 heavy (non-hydrogen) atoms. The highest BCUT2D eigenvalue weighted by Crippen LogP contribution is 2.38. The summed E-state index contributed by atoms with van der Waals surface area (Å²) in [5.41, 5.74) is 13.4. The van der Waals surface area contributed by atoms with Crippen LogP contribution in [-0.2, 0) is 0 Å². The minimum atomic E-state index is 0.635. The first-order chi connectivity index (χ1) is 25.1. The van der Waals surface area contributed by atoms with Crippen molar-refractivity contribution in [3.05, 3.63) is 181 Å². The summed E-state index contributed by atoms with van der Waals surface area (Å²) in [5, 5.41) is 2.46. The molecule has 7 aromatic carbocycles. The minimum absolute atomic E-state index is 0.635. The first-order valence-electron chi connectivity index (χ1n) is 17.3. The molecule has 0 aliphatic heterocycles. The molecule has 0 aliphatic rings. The van der Waals surface area contributed by atoms with Crippen LogP contribution in [0.5, 0.6) is 0 Å². The fourth-order valence-corrected chi connectivity index (χ4v) is 7.23. The van der Waals surface area contributed by atoms with Gasteiger partial charge in [0.25, 0.3) is 0 Å².